The van der Waals surface area contributed by atoms with Crippen LogP contribution < -0.4 is 0 Å². The molecule has 2 nitrogen and oxygen atoms in total. The third-order valence-corrected chi connectivity index (χ3v) is 4.20. The Balaban J connectivity index is 2.00. The van der Waals surface area contributed by atoms with Crippen molar-refractivity contribution in [3.63, 3.8) is 0 Å². The van der Waals surface area contributed by atoms with Gasteiger partial charge in [0.2, 0.25) is 0 Å². The average Bonchev–Trinajstić information content (AvgIpc) is 2.77. The lowest BCUT2D eigenvalue weighted by Crippen LogP contribution is -2.36. The smallest absolute Gasteiger partial charge is 0.361 e. The maximum Gasteiger partial charge on any atom is 0.411 e. The van der Waals surface area contributed by atoms with Crippen molar-refractivity contribution in [1.29, 1.82) is 0 Å². The lowest BCUT2D eigenvalue weighted by molar-refractivity contribution is -0.208. The molecule has 0 N–H and O–H groups in total. The van der Waals surface area contributed by atoms with Gasteiger partial charge in [0.1, 0.15) is 6.61 Å². The molecule has 0 unspecified atom stereocenters. The molecule has 0 fully saturated rings. The van der Waals surface area contributed by atoms with E-state index in [-0.39, 0.29) is 11.7 Å². The SMILES string of the molecule is C[C@@]1(OCC(F)(F)F)C[C@H]2CC(=O)C=C2c2ccccc21. The Morgan fingerprint density at radius 1 is 1.33 bits per heavy atom. The molecule has 2 aliphatic carbocycles. The summed E-state index contributed by atoms with van der Waals surface area (Å²) < 4.78 is 42.7. The van der Waals surface area contributed by atoms with Gasteiger partial charge >= 0.3 is 6.18 Å². The van der Waals surface area contributed by atoms with Gasteiger partial charge in [-0.25, -0.2) is 0 Å². The number of fused-ring (bicyclic) bond motifs is 3. The van der Waals surface area contributed by atoms with E-state index in [0.717, 1.165) is 16.7 Å². The minimum atomic E-state index is -4.36. The number of ketones is 1. The van der Waals surface area contributed by atoms with Crippen LogP contribution in [0.1, 0.15) is 30.9 Å². The first-order valence-corrected chi connectivity index (χ1v) is 6.83. The molecule has 21 heavy (non-hydrogen) atoms. The molecule has 1 aromatic rings. The van der Waals surface area contributed by atoms with Gasteiger partial charge in [-0.3, -0.25) is 4.79 Å². The number of halogens is 3. The quantitative estimate of drug-likeness (QED) is 0.828. The summed E-state index contributed by atoms with van der Waals surface area (Å²) in [5, 5.41) is 0. The number of benzene rings is 1. The van der Waals surface area contributed by atoms with Crippen molar-refractivity contribution in [1.82, 2.24) is 0 Å². The van der Waals surface area contributed by atoms with Crippen LogP contribution in [-0.2, 0) is 15.1 Å². The predicted molar refractivity (Wildman–Crippen MR) is 71.5 cm³/mol. The first kappa shape index (κ1) is 14.3. The molecular formula is C16H15F3O2. The van der Waals surface area contributed by atoms with Gasteiger partial charge in [-0.15, -0.1) is 0 Å². The molecule has 0 bridgehead atoms. The number of hydrogen-bond acceptors (Lipinski definition) is 2. The van der Waals surface area contributed by atoms with Crippen LogP contribution in [0.2, 0.25) is 0 Å². The Labute approximate surface area is 120 Å². The van der Waals surface area contributed by atoms with Crippen molar-refractivity contribution in [2.45, 2.75) is 31.5 Å². The molecule has 112 valence electrons. The van der Waals surface area contributed by atoms with Crippen LogP contribution >= 0.6 is 0 Å². The standard InChI is InChI=1S/C16H15F3O2/c1-15(21-9-16(17,18)19)8-10-6-11(20)7-13(10)12-4-2-3-5-14(12)15/h2-5,7,10H,6,8-9H2,1H3/t10-,15-/m1/s1. The highest BCUT2D eigenvalue weighted by molar-refractivity contribution is 6.03. The number of allylic oxidation sites excluding steroid dienone is 2. The molecular weight excluding hydrogens is 281 g/mol. The molecule has 5 heteroatoms. The van der Waals surface area contributed by atoms with Crippen LogP contribution in [-0.4, -0.2) is 18.6 Å². The van der Waals surface area contributed by atoms with Gasteiger partial charge in [0.05, 0.1) is 5.60 Å². The summed E-state index contributed by atoms with van der Waals surface area (Å²) in [6, 6.07) is 7.24. The van der Waals surface area contributed by atoms with Gasteiger partial charge in [0.25, 0.3) is 0 Å². The maximum absolute atomic E-state index is 12.5. The van der Waals surface area contributed by atoms with Crippen LogP contribution in [0.25, 0.3) is 5.57 Å². The maximum atomic E-state index is 12.5. The second-order valence-electron chi connectivity index (χ2n) is 5.85. The molecule has 0 aliphatic heterocycles. The number of rotatable bonds is 2. The Kier molecular flexibility index (Phi) is 3.20. The third kappa shape index (κ3) is 2.62. The molecule has 3 rings (SSSR count). The third-order valence-electron chi connectivity index (χ3n) is 4.20. The fourth-order valence-electron chi connectivity index (χ4n) is 3.34. The highest BCUT2D eigenvalue weighted by Crippen LogP contribution is 2.50. The van der Waals surface area contributed by atoms with Gasteiger partial charge in [0, 0.05) is 6.42 Å². The molecule has 0 radical (unpaired) electrons. The summed E-state index contributed by atoms with van der Waals surface area (Å²) in [6.45, 7) is 0.398. The zero-order valence-corrected chi connectivity index (χ0v) is 11.5. The number of ether oxygens (including phenoxy) is 1. The minimum absolute atomic E-state index is 0.0323. The van der Waals surface area contributed by atoms with E-state index in [1.165, 1.54) is 0 Å². The van der Waals surface area contributed by atoms with Gasteiger partial charge in [-0.2, -0.15) is 13.2 Å². The fourth-order valence-corrected chi connectivity index (χ4v) is 3.34. The summed E-state index contributed by atoms with van der Waals surface area (Å²) in [6.07, 6.45) is -1.99. The second-order valence-corrected chi connectivity index (χ2v) is 5.85. The lowest BCUT2D eigenvalue weighted by Gasteiger charge is -2.40. The topological polar surface area (TPSA) is 26.3 Å². The van der Waals surface area contributed by atoms with E-state index < -0.39 is 18.4 Å². The van der Waals surface area contributed by atoms with E-state index in [2.05, 4.69) is 0 Å². The molecule has 0 heterocycles. The molecule has 0 amide bonds. The monoisotopic (exact) mass is 296 g/mol. The van der Waals surface area contributed by atoms with Gasteiger partial charge in [-0.05, 0) is 42.0 Å². The van der Waals surface area contributed by atoms with E-state index >= 15 is 0 Å². The molecule has 0 spiro atoms. The second kappa shape index (κ2) is 4.70. The van der Waals surface area contributed by atoms with Crippen LogP contribution in [0, 0.1) is 5.92 Å². The first-order chi connectivity index (χ1) is 9.78. The first-order valence-electron chi connectivity index (χ1n) is 6.83. The van der Waals surface area contributed by atoms with Gasteiger partial charge in [-0.1, -0.05) is 24.3 Å². The number of carbonyl (C=O) groups excluding carboxylic acids is 1. The van der Waals surface area contributed by atoms with Gasteiger partial charge in [0.15, 0.2) is 5.78 Å². The predicted octanol–water partition coefficient (Wildman–Crippen LogP) is 3.86. The van der Waals surface area contributed by atoms with Crippen molar-refractivity contribution in [3.05, 3.63) is 41.5 Å². The lowest BCUT2D eigenvalue weighted by atomic mass is 9.72. The van der Waals surface area contributed by atoms with Crippen LogP contribution in [0.5, 0.6) is 0 Å². The molecule has 2 aliphatic rings. The zero-order chi connectivity index (χ0) is 15.3. The summed E-state index contributed by atoms with van der Waals surface area (Å²) >= 11 is 0. The van der Waals surface area contributed by atoms with E-state index in [1.807, 2.05) is 12.1 Å². The largest absolute Gasteiger partial charge is 0.411 e. The van der Waals surface area contributed by atoms with Crippen molar-refractivity contribution in [2.75, 3.05) is 6.61 Å². The summed E-state index contributed by atoms with van der Waals surface area (Å²) in [5.41, 5.74) is 1.48. The number of hydrogen-bond donors (Lipinski definition) is 0. The van der Waals surface area contributed by atoms with Crippen molar-refractivity contribution >= 4 is 11.4 Å². The molecule has 1 aromatic carbocycles. The Morgan fingerprint density at radius 3 is 2.76 bits per heavy atom. The highest BCUT2D eigenvalue weighted by Gasteiger charge is 2.44. The van der Waals surface area contributed by atoms with E-state index in [9.17, 15) is 18.0 Å². The van der Waals surface area contributed by atoms with Gasteiger partial charge < -0.3 is 4.74 Å². The van der Waals surface area contributed by atoms with Crippen LogP contribution in [0.3, 0.4) is 0 Å². The molecule has 2 atom stereocenters. The molecule has 0 saturated heterocycles. The summed E-state index contributed by atoms with van der Waals surface area (Å²) in [7, 11) is 0. The van der Waals surface area contributed by atoms with Crippen LogP contribution in [0.4, 0.5) is 13.2 Å². The fraction of sp³-hybridized carbons (Fsp3) is 0.438. The Hall–Kier alpha value is -1.62. The minimum Gasteiger partial charge on any atom is -0.361 e. The summed E-state index contributed by atoms with van der Waals surface area (Å²) in [4.78, 5) is 11.7. The number of alkyl halides is 3. The summed E-state index contributed by atoms with van der Waals surface area (Å²) in [5.74, 6) is -0.0180. The van der Waals surface area contributed by atoms with Crippen molar-refractivity contribution in [2.24, 2.45) is 5.92 Å². The Bertz CT molecular complexity index is 618. The van der Waals surface area contributed by atoms with E-state index in [1.54, 1.807) is 25.1 Å². The van der Waals surface area contributed by atoms with E-state index in [0.29, 0.717) is 12.8 Å². The average molecular weight is 296 g/mol. The van der Waals surface area contributed by atoms with Crippen molar-refractivity contribution in [3.8, 4) is 0 Å². The van der Waals surface area contributed by atoms with Crippen molar-refractivity contribution < 1.29 is 22.7 Å². The highest BCUT2D eigenvalue weighted by atomic mass is 19.4. The number of carbonyl (C=O) groups is 1. The zero-order valence-electron chi connectivity index (χ0n) is 11.5. The molecule has 0 saturated carbocycles. The van der Waals surface area contributed by atoms with Crippen LogP contribution in [0.15, 0.2) is 30.3 Å². The van der Waals surface area contributed by atoms with E-state index in [4.69, 9.17) is 4.74 Å². The normalized spacial score (nSPS) is 28.1. The molecule has 0 aromatic heterocycles. The Morgan fingerprint density at radius 2 is 2.05 bits per heavy atom.